The second-order valence-electron chi connectivity index (χ2n) is 4.79. The third-order valence-corrected chi connectivity index (χ3v) is 3.48. The lowest BCUT2D eigenvalue weighted by Gasteiger charge is -2.28. The molecule has 0 spiro atoms. The predicted octanol–water partition coefficient (Wildman–Crippen LogP) is 0.965. The normalized spacial score (nSPS) is 16.2. The van der Waals surface area contributed by atoms with Gasteiger partial charge < -0.3 is 10.5 Å². The quantitative estimate of drug-likeness (QED) is 0.786. The number of imide groups is 1. The highest BCUT2D eigenvalue weighted by Crippen LogP contribution is 2.20. The summed E-state index contributed by atoms with van der Waals surface area (Å²) in [5.41, 5.74) is 7.03. The Bertz CT molecular complexity index is 502. The molecule has 1 aliphatic heterocycles. The Balaban J connectivity index is 2.06. The van der Waals surface area contributed by atoms with Crippen LogP contribution >= 0.6 is 0 Å². The Kier molecular flexibility index (Phi) is 4.87. The van der Waals surface area contributed by atoms with Gasteiger partial charge in [0.25, 0.3) is 5.91 Å². The van der Waals surface area contributed by atoms with Gasteiger partial charge in [-0.3, -0.25) is 14.5 Å². The van der Waals surface area contributed by atoms with Crippen molar-refractivity contribution in [2.24, 2.45) is 5.73 Å². The van der Waals surface area contributed by atoms with Gasteiger partial charge in [-0.2, -0.15) is 0 Å². The fourth-order valence-corrected chi connectivity index (χ4v) is 2.40. The second-order valence-corrected chi connectivity index (χ2v) is 4.79. The van der Waals surface area contributed by atoms with Crippen LogP contribution in [0.1, 0.15) is 29.3 Å². The zero-order chi connectivity index (χ0) is 14.5. The first-order valence-corrected chi connectivity index (χ1v) is 6.91. The number of nitrogens with two attached hydrogens (primary N) is 1. The van der Waals surface area contributed by atoms with E-state index >= 15 is 0 Å². The molecule has 1 unspecified atom stereocenters. The predicted molar refractivity (Wildman–Crippen MR) is 75.3 cm³/mol. The van der Waals surface area contributed by atoms with Crippen LogP contribution in [0.15, 0.2) is 24.3 Å². The van der Waals surface area contributed by atoms with Gasteiger partial charge in [0, 0.05) is 25.3 Å². The first kappa shape index (κ1) is 14.7. The summed E-state index contributed by atoms with van der Waals surface area (Å²) in [4.78, 5) is 25.7. The number of hydrogen-bond donors (Lipinski definition) is 1. The van der Waals surface area contributed by atoms with Gasteiger partial charge >= 0.3 is 0 Å². The van der Waals surface area contributed by atoms with Crippen LogP contribution in [-0.2, 0) is 16.0 Å². The summed E-state index contributed by atoms with van der Waals surface area (Å²) >= 11 is 0. The average Bonchev–Trinajstić information content (AvgIpc) is 2.45. The standard InChI is InChI=1S/C15H20N2O3/c1-2-20-12(10-16)7-8-17-14(18)9-11-5-3-4-6-13(11)15(17)19/h3-6,12H,2,7-10,16H2,1H3. The van der Waals surface area contributed by atoms with E-state index in [0.29, 0.717) is 31.7 Å². The number of fused-ring (bicyclic) bond motifs is 1. The molecule has 0 bridgehead atoms. The summed E-state index contributed by atoms with van der Waals surface area (Å²) in [6.07, 6.45) is 0.742. The van der Waals surface area contributed by atoms with Gasteiger partial charge in [0.05, 0.1) is 12.5 Å². The van der Waals surface area contributed by atoms with E-state index in [0.717, 1.165) is 5.56 Å². The van der Waals surface area contributed by atoms with Crippen LogP contribution in [0.5, 0.6) is 0 Å². The maximum atomic E-state index is 12.3. The first-order valence-electron chi connectivity index (χ1n) is 6.91. The van der Waals surface area contributed by atoms with Crippen molar-refractivity contribution in [1.29, 1.82) is 0 Å². The van der Waals surface area contributed by atoms with Gasteiger partial charge in [0.1, 0.15) is 0 Å². The minimum atomic E-state index is -0.218. The molecule has 5 heteroatoms. The summed E-state index contributed by atoms with van der Waals surface area (Å²) in [5.74, 6) is -0.370. The Morgan fingerprint density at radius 1 is 1.35 bits per heavy atom. The van der Waals surface area contributed by atoms with Gasteiger partial charge in [-0.25, -0.2) is 0 Å². The molecule has 20 heavy (non-hydrogen) atoms. The molecule has 2 rings (SSSR count). The number of hydrogen-bond acceptors (Lipinski definition) is 4. The lowest BCUT2D eigenvalue weighted by atomic mass is 9.98. The van der Waals surface area contributed by atoms with E-state index in [2.05, 4.69) is 0 Å². The van der Waals surface area contributed by atoms with E-state index in [1.165, 1.54) is 4.90 Å². The minimum absolute atomic E-state index is 0.113. The number of rotatable bonds is 6. The van der Waals surface area contributed by atoms with Gasteiger partial charge in [0.2, 0.25) is 5.91 Å². The Hall–Kier alpha value is -1.72. The Labute approximate surface area is 118 Å². The summed E-state index contributed by atoms with van der Waals surface area (Å²) in [7, 11) is 0. The highest BCUT2D eigenvalue weighted by molar-refractivity contribution is 6.09. The zero-order valence-corrected chi connectivity index (χ0v) is 11.7. The molecular formula is C15H20N2O3. The molecule has 5 nitrogen and oxygen atoms in total. The minimum Gasteiger partial charge on any atom is -0.377 e. The highest BCUT2D eigenvalue weighted by atomic mass is 16.5. The van der Waals surface area contributed by atoms with Crippen LogP contribution in [0, 0.1) is 0 Å². The number of carbonyl (C=O) groups excluding carboxylic acids is 2. The van der Waals surface area contributed by atoms with Crippen LogP contribution in [0.25, 0.3) is 0 Å². The lowest BCUT2D eigenvalue weighted by molar-refractivity contribution is -0.128. The molecule has 0 aliphatic carbocycles. The maximum Gasteiger partial charge on any atom is 0.260 e. The number of ether oxygens (including phenoxy) is 1. The number of amides is 2. The molecule has 1 aromatic rings. The van der Waals surface area contributed by atoms with Crippen molar-refractivity contribution in [2.45, 2.75) is 25.9 Å². The van der Waals surface area contributed by atoms with E-state index < -0.39 is 0 Å². The van der Waals surface area contributed by atoms with Crippen molar-refractivity contribution < 1.29 is 14.3 Å². The molecule has 1 aromatic carbocycles. The summed E-state index contributed by atoms with van der Waals surface area (Å²) in [6, 6.07) is 7.24. The maximum absolute atomic E-state index is 12.3. The smallest absolute Gasteiger partial charge is 0.260 e. The SMILES string of the molecule is CCOC(CN)CCN1C(=O)Cc2ccccc2C1=O. The Morgan fingerprint density at radius 3 is 2.80 bits per heavy atom. The van der Waals surface area contributed by atoms with Gasteiger partial charge in [-0.15, -0.1) is 0 Å². The topological polar surface area (TPSA) is 72.6 Å². The zero-order valence-electron chi connectivity index (χ0n) is 11.7. The molecule has 0 aromatic heterocycles. The third-order valence-electron chi connectivity index (χ3n) is 3.48. The summed E-state index contributed by atoms with van der Waals surface area (Å²) in [5, 5.41) is 0. The number of nitrogens with zero attached hydrogens (tertiary/aromatic N) is 1. The summed E-state index contributed by atoms with van der Waals surface area (Å²) in [6.45, 7) is 3.22. The van der Waals surface area contributed by atoms with Crippen LogP contribution < -0.4 is 5.73 Å². The number of benzene rings is 1. The van der Waals surface area contributed by atoms with Crippen molar-refractivity contribution in [2.75, 3.05) is 19.7 Å². The van der Waals surface area contributed by atoms with Crippen molar-refractivity contribution >= 4 is 11.8 Å². The first-order chi connectivity index (χ1) is 9.67. The molecule has 0 fully saturated rings. The lowest BCUT2D eigenvalue weighted by Crippen LogP contribution is -2.44. The van der Waals surface area contributed by atoms with Crippen molar-refractivity contribution in [1.82, 2.24) is 4.90 Å². The summed E-state index contributed by atoms with van der Waals surface area (Å²) < 4.78 is 5.45. The molecule has 0 saturated carbocycles. The van der Waals surface area contributed by atoms with Crippen LogP contribution in [0.2, 0.25) is 0 Å². The molecule has 1 atom stereocenters. The molecule has 108 valence electrons. The Morgan fingerprint density at radius 2 is 2.10 bits per heavy atom. The van der Waals surface area contributed by atoms with E-state index in [-0.39, 0.29) is 24.3 Å². The van der Waals surface area contributed by atoms with Crippen molar-refractivity contribution in [3.63, 3.8) is 0 Å². The molecule has 1 heterocycles. The highest BCUT2D eigenvalue weighted by Gasteiger charge is 2.30. The molecule has 2 N–H and O–H groups in total. The second kappa shape index (κ2) is 6.63. The van der Waals surface area contributed by atoms with E-state index in [1.54, 1.807) is 6.07 Å². The van der Waals surface area contributed by atoms with Crippen LogP contribution in [-0.4, -0.2) is 42.5 Å². The third kappa shape index (κ3) is 3.05. The molecule has 0 radical (unpaired) electrons. The fraction of sp³-hybridized carbons (Fsp3) is 0.467. The van der Waals surface area contributed by atoms with E-state index in [4.69, 9.17) is 10.5 Å². The molecule has 2 amide bonds. The average molecular weight is 276 g/mol. The van der Waals surface area contributed by atoms with Gasteiger partial charge in [-0.1, -0.05) is 18.2 Å². The van der Waals surface area contributed by atoms with Crippen LogP contribution in [0.4, 0.5) is 0 Å². The van der Waals surface area contributed by atoms with E-state index in [9.17, 15) is 9.59 Å². The molecular weight excluding hydrogens is 256 g/mol. The van der Waals surface area contributed by atoms with E-state index in [1.807, 2.05) is 25.1 Å². The fourth-order valence-electron chi connectivity index (χ4n) is 2.40. The number of carbonyl (C=O) groups is 2. The van der Waals surface area contributed by atoms with Crippen molar-refractivity contribution in [3.8, 4) is 0 Å². The molecule has 1 aliphatic rings. The van der Waals surface area contributed by atoms with Gasteiger partial charge in [-0.05, 0) is 25.0 Å². The van der Waals surface area contributed by atoms with Crippen LogP contribution in [0.3, 0.4) is 0 Å². The largest absolute Gasteiger partial charge is 0.377 e. The molecule has 0 saturated heterocycles. The van der Waals surface area contributed by atoms with Gasteiger partial charge in [0.15, 0.2) is 0 Å². The monoisotopic (exact) mass is 276 g/mol. The van der Waals surface area contributed by atoms with Crippen molar-refractivity contribution in [3.05, 3.63) is 35.4 Å².